The highest BCUT2D eigenvalue weighted by molar-refractivity contribution is 5.06. The SMILES string of the molecule is FCC(F)=C(F)C(F)(F)F.FCC(F)=C(F)C(F)(F)F. The second kappa shape index (κ2) is 8.04. The maximum absolute atomic E-state index is 11.4. The van der Waals surface area contributed by atoms with Crippen molar-refractivity contribution < 1.29 is 52.7 Å². The fourth-order valence-corrected chi connectivity index (χ4v) is 0.425. The molecule has 0 amide bonds. The summed E-state index contributed by atoms with van der Waals surface area (Å²) in [6, 6.07) is 0. The number of alkyl halides is 8. The maximum atomic E-state index is 11.4. The second-order valence-corrected chi connectivity index (χ2v) is 2.70. The molecule has 0 heterocycles. The van der Waals surface area contributed by atoms with Crippen LogP contribution in [0.25, 0.3) is 0 Å². The van der Waals surface area contributed by atoms with Gasteiger partial charge in [-0.15, -0.1) is 0 Å². The summed E-state index contributed by atoms with van der Waals surface area (Å²) in [6.45, 7) is -4.16. The van der Waals surface area contributed by atoms with Gasteiger partial charge in [-0.3, -0.25) is 0 Å². The van der Waals surface area contributed by atoms with E-state index in [1.54, 1.807) is 0 Å². The van der Waals surface area contributed by atoms with Crippen LogP contribution >= 0.6 is 0 Å². The minimum atomic E-state index is -5.42. The Morgan fingerprint density at radius 1 is 0.550 bits per heavy atom. The topological polar surface area (TPSA) is 0 Å². The normalized spacial score (nSPS) is 15.0. The summed E-state index contributed by atoms with van der Waals surface area (Å²) < 4.78 is 134. The average molecular weight is 328 g/mol. The van der Waals surface area contributed by atoms with Crippen LogP contribution in [0, 0.1) is 0 Å². The molecule has 0 atom stereocenters. The van der Waals surface area contributed by atoms with E-state index >= 15 is 0 Å². The van der Waals surface area contributed by atoms with Crippen LogP contribution in [-0.2, 0) is 0 Å². The highest BCUT2D eigenvalue weighted by atomic mass is 19.4. The van der Waals surface area contributed by atoms with Crippen LogP contribution in [0.2, 0.25) is 0 Å². The molecule has 0 aromatic rings. The van der Waals surface area contributed by atoms with Crippen molar-refractivity contribution >= 4 is 0 Å². The summed E-state index contributed by atoms with van der Waals surface area (Å²) in [7, 11) is 0. The second-order valence-electron chi connectivity index (χ2n) is 2.70. The molecule has 0 aromatic heterocycles. The first-order valence-electron chi connectivity index (χ1n) is 4.13. The fraction of sp³-hybridized carbons (Fsp3) is 0.500. The summed E-state index contributed by atoms with van der Waals surface area (Å²) in [6.07, 6.45) is -10.8. The van der Waals surface area contributed by atoms with Gasteiger partial charge in [-0.1, -0.05) is 0 Å². The fourth-order valence-electron chi connectivity index (χ4n) is 0.425. The van der Waals surface area contributed by atoms with Crippen LogP contribution in [0.4, 0.5) is 52.7 Å². The van der Waals surface area contributed by atoms with Crippen molar-refractivity contribution in [1.29, 1.82) is 0 Å². The Morgan fingerprint density at radius 2 is 0.750 bits per heavy atom. The van der Waals surface area contributed by atoms with Gasteiger partial charge in [0.1, 0.15) is 13.3 Å². The first kappa shape index (κ1) is 20.9. The molecule has 0 rings (SSSR count). The predicted molar refractivity (Wildman–Crippen MR) is 42.5 cm³/mol. The maximum Gasteiger partial charge on any atom is 0.445 e. The lowest BCUT2D eigenvalue weighted by molar-refractivity contribution is -0.112. The van der Waals surface area contributed by atoms with Crippen LogP contribution in [0.15, 0.2) is 23.3 Å². The first-order valence-corrected chi connectivity index (χ1v) is 4.13. The third-order valence-corrected chi connectivity index (χ3v) is 1.21. The third kappa shape index (κ3) is 7.94. The zero-order valence-corrected chi connectivity index (χ0v) is 8.95. The molecule has 0 aliphatic heterocycles. The van der Waals surface area contributed by atoms with E-state index in [4.69, 9.17) is 0 Å². The minimum Gasteiger partial charge on any atom is -0.243 e. The molecule has 0 saturated carbocycles. The van der Waals surface area contributed by atoms with E-state index in [9.17, 15) is 52.7 Å². The Morgan fingerprint density at radius 3 is 0.800 bits per heavy atom. The number of hydrogen-bond donors (Lipinski definition) is 0. The lowest BCUT2D eigenvalue weighted by atomic mass is 10.4. The predicted octanol–water partition coefficient (Wildman–Crippen LogP) is 5.34. The van der Waals surface area contributed by atoms with Gasteiger partial charge in [0.05, 0.1) is 0 Å². The number of allylic oxidation sites excluding steroid dienone is 4. The Bertz CT molecular complexity index is 321. The van der Waals surface area contributed by atoms with E-state index in [-0.39, 0.29) is 0 Å². The van der Waals surface area contributed by atoms with E-state index in [1.807, 2.05) is 0 Å². The van der Waals surface area contributed by atoms with E-state index < -0.39 is 49.0 Å². The van der Waals surface area contributed by atoms with Crippen LogP contribution in [0.5, 0.6) is 0 Å². The largest absolute Gasteiger partial charge is 0.445 e. The van der Waals surface area contributed by atoms with Crippen molar-refractivity contribution in [2.24, 2.45) is 0 Å². The van der Waals surface area contributed by atoms with Crippen LogP contribution < -0.4 is 0 Å². The monoisotopic (exact) mass is 328 g/mol. The van der Waals surface area contributed by atoms with Crippen molar-refractivity contribution in [3.8, 4) is 0 Å². The van der Waals surface area contributed by atoms with E-state index in [0.29, 0.717) is 0 Å². The standard InChI is InChI=1S/2C4H2F6/c2*5-1-2(6)3(7)4(8,9)10/h2*1H2. The quantitative estimate of drug-likeness (QED) is 0.601. The molecule has 12 heteroatoms. The molecule has 0 radical (unpaired) electrons. The van der Waals surface area contributed by atoms with E-state index in [0.717, 1.165) is 0 Å². The van der Waals surface area contributed by atoms with Gasteiger partial charge in [0.25, 0.3) is 0 Å². The molecule has 0 saturated heterocycles. The Labute approximate surface area is 103 Å². The molecule has 0 unspecified atom stereocenters. The van der Waals surface area contributed by atoms with Crippen molar-refractivity contribution in [1.82, 2.24) is 0 Å². The molecule has 0 fully saturated rings. The molecule has 20 heavy (non-hydrogen) atoms. The molecule has 0 nitrogen and oxygen atoms in total. The number of hydrogen-bond acceptors (Lipinski definition) is 0. The molecule has 0 N–H and O–H groups in total. The summed E-state index contributed by atoms with van der Waals surface area (Å²) in [4.78, 5) is 0. The highest BCUT2D eigenvalue weighted by Crippen LogP contribution is 2.30. The summed E-state index contributed by atoms with van der Waals surface area (Å²) in [5.74, 6) is -10.9. The molecular formula is C8H4F12. The van der Waals surface area contributed by atoms with Gasteiger partial charge < -0.3 is 0 Å². The van der Waals surface area contributed by atoms with Gasteiger partial charge in [0.15, 0.2) is 11.7 Å². The Kier molecular flexibility index (Phi) is 8.43. The molecule has 0 aliphatic carbocycles. The van der Waals surface area contributed by atoms with Gasteiger partial charge in [0, 0.05) is 0 Å². The zero-order chi connectivity index (χ0) is 16.7. The van der Waals surface area contributed by atoms with Gasteiger partial charge in [0.2, 0.25) is 11.7 Å². The smallest absolute Gasteiger partial charge is 0.243 e. The van der Waals surface area contributed by atoms with Gasteiger partial charge in [-0.25, -0.2) is 17.6 Å². The van der Waals surface area contributed by atoms with E-state index in [1.165, 1.54) is 0 Å². The van der Waals surface area contributed by atoms with Gasteiger partial charge >= 0.3 is 12.4 Å². The minimum absolute atomic E-state index is 2.08. The molecular weight excluding hydrogens is 324 g/mol. The molecule has 120 valence electrons. The summed E-state index contributed by atoms with van der Waals surface area (Å²) >= 11 is 0. The zero-order valence-electron chi connectivity index (χ0n) is 8.95. The van der Waals surface area contributed by atoms with Gasteiger partial charge in [-0.05, 0) is 0 Å². The van der Waals surface area contributed by atoms with Crippen LogP contribution in [0.3, 0.4) is 0 Å². The highest BCUT2D eigenvalue weighted by Gasteiger charge is 2.38. The lowest BCUT2D eigenvalue weighted by Crippen LogP contribution is -2.09. The Balaban J connectivity index is 0. The molecule has 0 aliphatic rings. The summed E-state index contributed by atoms with van der Waals surface area (Å²) in [5.41, 5.74) is 0. The number of halogens is 12. The average Bonchev–Trinajstić information content (AvgIpc) is 2.33. The number of rotatable bonds is 2. The first-order chi connectivity index (χ1) is 8.78. The molecule has 0 aromatic carbocycles. The van der Waals surface area contributed by atoms with Crippen molar-refractivity contribution in [2.75, 3.05) is 13.3 Å². The van der Waals surface area contributed by atoms with Crippen molar-refractivity contribution in [3.63, 3.8) is 0 Å². The molecule has 0 spiro atoms. The van der Waals surface area contributed by atoms with Crippen LogP contribution in [0.1, 0.15) is 0 Å². The van der Waals surface area contributed by atoms with Crippen molar-refractivity contribution in [2.45, 2.75) is 12.4 Å². The third-order valence-electron chi connectivity index (χ3n) is 1.21. The van der Waals surface area contributed by atoms with Gasteiger partial charge in [-0.2, -0.15) is 35.1 Å². The van der Waals surface area contributed by atoms with Crippen molar-refractivity contribution in [3.05, 3.63) is 23.3 Å². The van der Waals surface area contributed by atoms with Crippen LogP contribution in [-0.4, -0.2) is 25.7 Å². The van der Waals surface area contributed by atoms with E-state index in [2.05, 4.69) is 0 Å². The Hall–Kier alpha value is -1.36. The summed E-state index contributed by atoms with van der Waals surface area (Å²) in [5, 5.41) is 0. The lowest BCUT2D eigenvalue weighted by Gasteiger charge is -2.01. The molecule has 0 bridgehead atoms.